The minimum Gasteiger partial charge on any atom is -0.347 e. The summed E-state index contributed by atoms with van der Waals surface area (Å²) in [6, 6.07) is 10.8. The molecule has 0 radical (unpaired) electrons. The molecular weight excluding hydrogens is 338 g/mol. The van der Waals surface area contributed by atoms with Gasteiger partial charge in [-0.1, -0.05) is 36.7 Å². The Morgan fingerprint density at radius 3 is 2.92 bits per heavy atom. The Morgan fingerprint density at radius 2 is 2.16 bits per heavy atom. The van der Waals surface area contributed by atoms with E-state index in [9.17, 15) is 9.59 Å². The smallest absolute Gasteiger partial charge is 0.251 e. The molecule has 6 heteroatoms. The Bertz CT molecular complexity index is 794. The van der Waals surface area contributed by atoms with E-state index in [1.807, 2.05) is 31.2 Å². The lowest BCUT2D eigenvalue weighted by atomic mass is 10.1. The SMILES string of the molecule is CCc1cc(C(=O)N[C@H]2CC(=O)N(Cc3ccccc3Cl)C2)ccn1. The normalized spacial score (nSPS) is 17.0. The summed E-state index contributed by atoms with van der Waals surface area (Å²) in [7, 11) is 0. The van der Waals surface area contributed by atoms with Crippen LogP contribution in [-0.4, -0.2) is 34.3 Å². The first-order valence-electron chi connectivity index (χ1n) is 8.33. The maximum absolute atomic E-state index is 12.4. The van der Waals surface area contributed by atoms with Crippen LogP contribution in [-0.2, 0) is 17.8 Å². The molecule has 5 nitrogen and oxygen atoms in total. The molecule has 1 aliphatic rings. The van der Waals surface area contributed by atoms with Gasteiger partial charge in [0.15, 0.2) is 0 Å². The van der Waals surface area contributed by atoms with Crippen molar-refractivity contribution < 1.29 is 9.59 Å². The van der Waals surface area contributed by atoms with Gasteiger partial charge in [0.25, 0.3) is 5.91 Å². The van der Waals surface area contributed by atoms with Crippen LogP contribution in [0.4, 0.5) is 0 Å². The summed E-state index contributed by atoms with van der Waals surface area (Å²) in [5, 5.41) is 3.59. The zero-order valence-corrected chi connectivity index (χ0v) is 14.8. The van der Waals surface area contributed by atoms with Gasteiger partial charge in [-0.3, -0.25) is 14.6 Å². The van der Waals surface area contributed by atoms with Crippen LogP contribution >= 0.6 is 11.6 Å². The van der Waals surface area contributed by atoms with Crippen molar-refractivity contribution in [2.24, 2.45) is 0 Å². The first-order chi connectivity index (χ1) is 12.1. The highest BCUT2D eigenvalue weighted by molar-refractivity contribution is 6.31. The van der Waals surface area contributed by atoms with Crippen molar-refractivity contribution in [2.45, 2.75) is 32.4 Å². The molecule has 0 aliphatic carbocycles. The number of rotatable bonds is 5. The van der Waals surface area contributed by atoms with Crippen LogP contribution in [0.5, 0.6) is 0 Å². The lowest BCUT2D eigenvalue weighted by molar-refractivity contribution is -0.128. The van der Waals surface area contributed by atoms with Gasteiger partial charge in [-0.2, -0.15) is 0 Å². The van der Waals surface area contributed by atoms with Crippen LogP contribution in [0.1, 0.15) is 35.0 Å². The van der Waals surface area contributed by atoms with E-state index in [4.69, 9.17) is 11.6 Å². The van der Waals surface area contributed by atoms with Gasteiger partial charge in [0.1, 0.15) is 0 Å². The maximum Gasteiger partial charge on any atom is 0.251 e. The molecule has 2 amide bonds. The average molecular weight is 358 g/mol. The highest BCUT2D eigenvalue weighted by Crippen LogP contribution is 2.21. The molecule has 1 atom stereocenters. The van der Waals surface area contributed by atoms with E-state index in [1.54, 1.807) is 23.2 Å². The molecule has 1 aromatic heterocycles. The molecule has 0 unspecified atom stereocenters. The number of nitrogens with zero attached hydrogens (tertiary/aromatic N) is 2. The largest absolute Gasteiger partial charge is 0.347 e. The fourth-order valence-corrected chi connectivity index (χ4v) is 3.13. The fourth-order valence-electron chi connectivity index (χ4n) is 2.94. The van der Waals surface area contributed by atoms with Crippen molar-refractivity contribution in [3.63, 3.8) is 0 Å². The van der Waals surface area contributed by atoms with E-state index >= 15 is 0 Å². The zero-order chi connectivity index (χ0) is 17.8. The number of hydrogen-bond donors (Lipinski definition) is 1. The topological polar surface area (TPSA) is 62.3 Å². The summed E-state index contributed by atoms with van der Waals surface area (Å²) in [6.07, 6.45) is 2.72. The molecule has 0 saturated carbocycles. The van der Waals surface area contributed by atoms with E-state index in [-0.39, 0.29) is 17.9 Å². The lowest BCUT2D eigenvalue weighted by Gasteiger charge is -2.18. The molecule has 1 aromatic carbocycles. The van der Waals surface area contributed by atoms with Crippen molar-refractivity contribution in [2.75, 3.05) is 6.54 Å². The van der Waals surface area contributed by atoms with E-state index in [1.165, 1.54) is 0 Å². The second-order valence-corrected chi connectivity index (χ2v) is 6.54. The molecule has 2 heterocycles. The highest BCUT2D eigenvalue weighted by Gasteiger charge is 2.31. The number of likely N-dealkylation sites (tertiary alicyclic amines) is 1. The number of amides is 2. The standard InChI is InChI=1S/C19H20ClN3O2/c1-2-15-9-13(7-8-21-15)19(25)22-16-10-18(24)23(12-16)11-14-5-3-4-6-17(14)20/h3-9,16H,2,10-12H2,1H3,(H,22,25)/t16-/m0/s1. The van der Waals surface area contributed by atoms with Gasteiger partial charge in [-0.05, 0) is 30.2 Å². The zero-order valence-electron chi connectivity index (χ0n) is 14.0. The molecular formula is C19H20ClN3O2. The van der Waals surface area contributed by atoms with Crippen molar-refractivity contribution in [1.82, 2.24) is 15.2 Å². The third-order valence-corrected chi connectivity index (χ3v) is 4.68. The molecule has 3 rings (SSSR count). The Balaban J connectivity index is 1.62. The minimum atomic E-state index is -0.194. The number of carbonyl (C=O) groups excluding carboxylic acids is 2. The van der Waals surface area contributed by atoms with E-state index < -0.39 is 0 Å². The Hall–Kier alpha value is -2.40. The van der Waals surface area contributed by atoms with Gasteiger partial charge in [-0.25, -0.2) is 0 Å². The number of aromatic nitrogens is 1. The highest BCUT2D eigenvalue weighted by atomic mass is 35.5. The predicted molar refractivity (Wildman–Crippen MR) is 96.4 cm³/mol. The minimum absolute atomic E-state index is 0.0224. The van der Waals surface area contributed by atoms with Crippen LogP contribution in [0.25, 0.3) is 0 Å². The summed E-state index contributed by atoms with van der Waals surface area (Å²) in [4.78, 5) is 30.6. The third-order valence-electron chi connectivity index (χ3n) is 4.31. The van der Waals surface area contributed by atoms with Crippen molar-refractivity contribution >= 4 is 23.4 Å². The van der Waals surface area contributed by atoms with Crippen molar-refractivity contribution in [3.05, 3.63) is 64.4 Å². The first-order valence-corrected chi connectivity index (χ1v) is 8.71. The molecule has 1 fully saturated rings. The molecule has 2 aromatic rings. The Kier molecular flexibility index (Phi) is 5.34. The molecule has 1 N–H and O–H groups in total. The summed E-state index contributed by atoms with van der Waals surface area (Å²) in [5.41, 5.74) is 2.35. The molecule has 1 aliphatic heterocycles. The van der Waals surface area contributed by atoms with E-state index in [0.717, 1.165) is 17.7 Å². The van der Waals surface area contributed by atoms with Crippen molar-refractivity contribution in [1.29, 1.82) is 0 Å². The fraction of sp³-hybridized carbons (Fsp3) is 0.316. The molecule has 25 heavy (non-hydrogen) atoms. The van der Waals surface area contributed by atoms with Crippen molar-refractivity contribution in [3.8, 4) is 0 Å². The molecule has 0 bridgehead atoms. The van der Waals surface area contributed by atoms with Crippen LogP contribution < -0.4 is 5.32 Å². The lowest BCUT2D eigenvalue weighted by Crippen LogP contribution is -2.37. The van der Waals surface area contributed by atoms with Crippen LogP contribution in [0, 0.1) is 0 Å². The summed E-state index contributed by atoms with van der Waals surface area (Å²) in [6.45, 7) is 2.94. The van der Waals surface area contributed by atoms with Gasteiger partial charge in [0, 0.05) is 42.0 Å². The summed E-state index contributed by atoms with van der Waals surface area (Å²) >= 11 is 6.17. The van der Waals surface area contributed by atoms with E-state index in [0.29, 0.717) is 30.1 Å². The maximum atomic E-state index is 12.4. The van der Waals surface area contributed by atoms with Crippen LogP contribution in [0.15, 0.2) is 42.6 Å². The van der Waals surface area contributed by atoms with Gasteiger partial charge in [0.2, 0.25) is 5.91 Å². The Morgan fingerprint density at radius 1 is 1.36 bits per heavy atom. The number of aryl methyl sites for hydroxylation is 1. The number of hydrogen-bond acceptors (Lipinski definition) is 3. The monoisotopic (exact) mass is 357 g/mol. The third kappa shape index (κ3) is 4.17. The predicted octanol–water partition coefficient (Wildman–Crippen LogP) is 2.83. The second-order valence-electron chi connectivity index (χ2n) is 6.13. The number of benzene rings is 1. The van der Waals surface area contributed by atoms with Gasteiger partial charge in [0.05, 0.1) is 6.04 Å². The number of pyridine rings is 1. The Labute approximate surface area is 152 Å². The van der Waals surface area contributed by atoms with Gasteiger partial charge < -0.3 is 10.2 Å². The summed E-state index contributed by atoms with van der Waals surface area (Å²) < 4.78 is 0. The molecule has 0 spiro atoms. The number of halogens is 1. The summed E-state index contributed by atoms with van der Waals surface area (Å²) in [5.74, 6) is -0.149. The molecule has 1 saturated heterocycles. The number of carbonyl (C=O) groups is 2. The number of nitrogens with one attached hydrogen (secondary N) is 1. The van der Waals surface area contributed by atoms with Gasteiger partial charge in [-0.15, -0.1) is 0 Å². The quantitative estimate of drug-likeness (QED) is 0.895. The molecule has 130 valence electrons. The average Bonchev–Trinajstić information content (AvgIpc) is 2.96. The van der Waals surface area contributed by atoms with Crippen LogP contribution in [0.3, 0.4) is 0 Å². The van der Waals surface area contributed by atoms with E-state index in [2.05, 4.69) is 10.3 Å². The second kappa shape index (κ2) is 7.66. The first kappa shape index (κ1) is 17.4. The van der Waals surface area contributed by atoms with Crippen LogP contribution in [0.2, 0.25) is 5.02 Å². The van der Waals surface area contributed by atoms with Gasteiger partial charge >= 0.3 is 0 Å².